The summed E-state index contributed by atoms with van der Waals surface area (Å²) < 4.78 is 4.84. The number of hydrogen-bond donors (Lipinski definition) is 2. The molecule has 1 atom stereocenters. The molecule has 1 aliphatic carbocycles. The molecule has 144 valence electrons. The fourth-order valence-electron chi connectivity index (χ4n) is 3.10. The van der Waals surface area contributed by atoms with Gasteiger partial charge in [0.25, 0.3) is 0 Å². The summed E-state index contributed by atoms with van der Waals surface area (Å²) in [6, 6.07) is 13.2. The quantitative estimate of drug-likeness (QED) is 0.575. The Morgan fingerprint density at radius 2 is 1.89 bits per heavy atom. The minimum Gasteiger partial charge on any atom is -0.469 e. The van der Waals surface area contributed by atoms with Crippen LogP contribution in [0.5, 0.6) is 0 Å². The van der Waals surface area contributed by atoms with Crippen LogP contribution in [0.4, 0.5) is 5.69 Å². The zero-order chi connectivity index (χ0) is 19.9. The third-order valence-corrected chi connectivity index (χ3v) is 4.82. The second-order valence-corrected chi connectivity index (χ2v) is 6.84. The molecule has 7 heteroatoms. The molecule has 2 N–H and O–H groups in total. The number of ether oxygens (including phenoxy) is 1. The van der Waals surface area contributed by atoms with E-state index in [9.17, 15) is 9.59 Å². The van der Waals surface area contributed by atoms with Crippen molar-refractivity contribution in [3.05, 3.63) is 71.7 Å². The molecule has 0 fully saturated rings. The van der Waals surface area contributed by atoms with Gasteiger partial charge in [-0.3, -0.25) is 14.6 Å². The number of methoxy groups -OCH3 is 1. The number of nitrogens with zero attached hydrogens (tertiary/aromatic N) is 1. The molecule has 0 amide bonds. The lowest BCUT2D eigenvalue weighted by Crippen LogP contribution is -2.35. The molecule has 1 aliphatic rings. The van der Waals surface area contributed by atoms with Gasteiger partial charge in [-0.1, -0.05) is 30.4 Å². The number of nitrogens with one attached hydrogen (secondary N) is 2. The number of para-hydroxylation sites is 1. The average molecular weight is 395 g/mol. The molecule has 3 rings (SSSR count). The molecule has 0 radical (unpaired) electrons. The smallest absolute Gasteiger partial charge is 0.309 e. The predicted octanol–water partition coefficient (Wildman–Crippen LogP) is 3.02. The van der Waals surface area contributed by atoms with Gasteiger partial charge >= 0.3 is 5.97 Å². The van der Waals surface area contributed by atoms with Gasteiger partial charge in [0, 0.05) is 43.2 Å². The molecule has 1 heterocycles. The maximum absolute atomic E-state index is 12.8. The second-order valence-electron chi connectivity index (χ2n) is 6.43. The van der Waals surface area contributed by atoms with Gasteiger partial charge in [0.2, 0.25) is 0 Å². The van der Waals surface area contributed by atoms with Gasteiger partial charge in [0.15, 0.2) is 5.78 Å². The van der Waals surface area contributed by atoms with E-state index < -0.39 is 11.9 Å². The topological polar surface area (TPSA) is 80.3 Å². The van der Waals surface area contributed by atoms with Crippen LogP contribution in [0.3, 0.4) is 0 Å². The Morgan fingerprint density at radius 1 is 1.18 bits per heavy atom. The fourth-order valence-corrected chi connectivity index (χ4v) is 3.45. The first kappa shape index (κ1) is 19.7. The van der Waals surface area contributed by atoms with Gasteiger partial charge in [-0.15, -0.1) is 0 Å². The summed E-state index contributed by atoms with van der Waals surface area (Å²) in [6.45, 7) is 0.497. The highest BCUT2D eigenvalue weighted by molar-refractivity contribution is 7.81. The third-order valence-electron chi connectivity index (χ3n) is 4.51. The first-order valence-electron chi connectivity index (χ1n) is 8.92. The van der Waals surface area contributed by atoms with Gasteiger partial charge in [-0.25, -0.2) is 0 Å². The number of pyridine rings is 1. The molecule has 1 unspecified atom stereocenters. The van der Waals surface area contributed by atoms with E-state index in [0.29, 0.717) is 29.2 Å². The Kier molecular flexibility index (Phi) is 6.49. The van der Waals surface area contributed by atoms with Crippen molar-refractivity contribution in [3.8, 4) is 0 Å². The van der Waals surface area contributed by atoms with E-state index in [2.05, 4.69) is 15.6 Å². The number of carbonyl (C=O) groups excluding carboxylic acids is 2. The van der Waals surface area contributed by atoms with Gasteiger partial charge in [0.05, 0.1) is 18.6 Å². The van der Waals surface area contributed by atoms with Crippen LogP contribution < -0.4 is 10.6 Å². The molecule has 28 heavy (non-hydrogen) atoms. The lowest BCUT2D eigenvalue weighted by atomic mass is 9.85. The van der Waals surface area contributed by atoms with Crippen LogP contribution in [0.1, 0.15) is 18.4 Å². The number of esters is 1. The predicted molar refractivity (Wildman–Crippen MR) is 111 cm³/mol. The van der Waals surface area contributed by atoms with Crippen molar-refractivity contribution in [2.45, 2.75) is 19.4 Å². The summed E-state index contributed by atoms with van der Waals surface area (Å²) in [6.07, 6.45) is 3.86. The van der Waals surface area contributed by atoms with Crippen LogP contribution in [0, 0.1) is 5.92 Å². The van der Waals surface area contributed by atoms with Crippen LogP contribution in [0.25, 0.3) is 0 Å². The Labute approximate surface area is 169 Å². The number of benzene rings is 1. The summed E-state index contributed by atoms with van der Waals surface area (Å²) in [7, 11) is 1.33. The van der Waals surface area contributed by atoms with Gasteiger partial charge in [-0.05, 0) is 29.8 Å². The zero-order valence-corrected chi connectivity index (χ0v) is 16.3. The van der Waals surface area contributed by atoms with E-state index >= 15 is 0 Å². The molecule has 0 saturated heterocycles. The SMILES string of the molecule is COC(=O)C1CC(=O)C(C(=S)Nc2ccccc2)=C(NCc2ccncc2)C1. The highest BCUT2D eigenvalue weighted by atomic mass is 32.1. The summed E-state index contributed by atoms with van der Waals surface area (Å²) in [4.78, 5) is 29.2. The maximum Gasteiger partial charge on any atom is 0.309 e. The molecule has 1 aromatic carbocycles. The van der Waals surface area contributed by atoms with Crippen molar-refractivity contribution in [3.63, 3.8) is 0 Å². The molecule has 0 bridgehead atoms. The summed E-state index contributed by atoms with van der Waals surface area (Å²) in [5.41, 5.74) is 2.89. The number of rotatable bonds is 6. The molecule has 0 aliphatic heterocycles. The van der Waals surface area contributed by atoms with Crippen molar-refractivity contribution in [1.82, 2.24) is 10.3 Å². The number of allylic oxidation sites excluding steroid dienone is 1. The Morgan fingerprint density at radius 3 is 2.57 bits per heavy atom. The number of carbonyl (C=O) groups is 2. The van der Waals surface area contributed by atoms with Gasteiger partial charge in [-0.2, -0.15) is 0 Å². The largest absolute Gasteiger partial charge is 0.469 e. The Balaban J connectivity index is 1.86. The number of anilines is 1. The maximum atomic E-state index is 12.8. The van der Waals surface area contributed by atoms with Crippen LogP contribution >= 0.6 is 12.2 Å². The number of hydrogen-bond acceptors (Lipinski definition) is 6. The highest BCUT2D eigenvalue weighted by Crippen LogP contribution is 2.28. The molecule has 2 aromatic rings. The summed E-state index contributed by atoms with van der Waals surface area (Å²) in [5, 5.41) is 6.40. The molecule has 6 nitrogen and oxygen atoms in total. The van der Waals surface area contributed by atoms with E-state index in [1.54, 1.807) is 12.4 Å². The van der Waals surface area contributed by atoms with E-state index in [-0.39, 0.29) is 12.2 Å². The average Bonchev–Trinajstić information content (AvgIpc) is 2.72. The van der Waals surface area contributed by atoms with Crippen LogP contribution in [-0.2, 0) is 20.9 Å². The van der Waals surface area contributed by atoms with E-state index in [1.165, 1.54) is 7.11 Å². The number of thiocarbonyl (C=S) groups is 1. The van der Waals surface area contributed by atoms with E-state index in [1.807, 2.05) is 42.5 Å². The lowest BCUT2D eigenvalue weighted by Gasteiger charge is -2.26. The van der Waals surface area contributed by atoms with Crippen LogP contribution in [-0.4, -0.2) is 28.8 Å². The third kappa shape index (κ3) is 4.80. The van der Waals surface area contributed by atoms with E-state index in [0.717, 1.165) is 11.3 Å². The minimum absolute atomic E-state index is 0.0824. The standard InChI is InChI=1S/C21H21N3O3S/c1-27-21(26)15-11-17(23-13-14-7-9-22-10-8-14)19(18(25)12-15)20(28)24-16-5-3-2-4-6-16/h2-10,15,23H,11-13H2,1H3,(H,24,28). The molecule has 0 saturated carbocycles. The summed E-state index contributed by atoms with van der Waals surface area (Å²) >= 11 is 5.52. The van der Waals surface area contributed by atoms with Gasteiger partial charge in [0.1, 0.15) is 4.99 Å². The fraction of sp³-hybridized carbons (Fsp3) is 0.238. The second kappa shape index (κ2) is 9.23. The lowest BCUT2D eigenvalue weighted by molar-refractivity contribution is -0.147. The molecule has 0 spiro atoms. The van der Waals surface area contributed by atoms with Gasteiger partial charge < -0.3 is 15.4 Å². The minimum atomic E-state index is -0.513. The first-order chi connectivity index (χ1) is 13.6. The van der Waals surface area contributed by atoms with Crippen LogP contribution in [0.15, 0.2) is 66.1 Å². The zero-order valence-electron chi connectivity index (χ0n) is 15.5. The van der Waals surface area contributed by atoms with E-state index in [4.69, 9.17) is 17.0 Å². The molecular weight excluding hydrogens is 374 g/mol. The number of ketones is 1. The van der Waals surface area contributed by atoms with Crippen molar-refractivity contribution in [2.75, 3.05) is 12.4 Å². The Bertz CT molecular complexity index is 898. The number of aromatic nitrogens is 1. The summed E-state index contributed by atoms with van der Waals surface area (Å²) in [5.74, 6) is -1.08. The molecular formula is C21H21N3O3S. The normalized spacial score (nSPS) is 16.5. The van der Waals surface area contributed by atoms with Crippen molar-refractivity contribution >= 4 is 34.6 Å². The molecule has 1 aromatic heterocycles. The van der Waals surface area contributed by atoms with Crippen LogP contribution in [0.2, 0.25) is 0 Å². The monoisotopic (exact) mass is 395 g/mol. The van der Waals surface area contributed by atoms with Crippen molar-refractivity contribution in [1.29, 1.82) is 0 Å². The Hall–Kier alpha value is -3.06. The van der Waals surface area contributed by atoms with Crippen molar-refractivity contribution in [2.24, 2.45) is 5.92 Å². The number of Topliss-reactive ketones (excluding diaryl/α,β-unsaturated/α-hetero) is 1. The highest BCUT2D eigenvalue weighted by Gasteiger charge is 2.34. The van der Waals surface area contributed by atoms with Crippen molar-refractivity contribution < 1.29 is 14.3 Å². The first-order valence-corrected chi connectivity index (χ1v) is 9.32.